The molecule has 1 aliphatic rings. The predicted octanol–water partition coefficient (Wildman–Crippen LogP) is 2.88. The van der Waals surface area contributed by atoms with Gasteiger partial charge in [0.25, 0.3) is 0 Å². The summed E-state index contributed by atoms with van der Waals surface area (Å²) < 4.78 is 19.8. The number of rotatable bonds is 15. The van der Waals surface area contributed by atoms with E-state index in [4.69, 9.17) is 4.74 Å². The second-order valence-corrected chi connectivity index (χ2v) is 8.25. The zero-order valence-electron chi connectivity index (χ0n) is 18.7. The Labute approximate surface area is 184 Å². The highest BCUT2D eigenvalue weighted by atomic mass is 19.1. The second-order valence-electron chi connectivity index (χ2n) is 8.25. The van der Waals surface area contributed by atoms with Gasteiger partial charge in [-0.2, -0.15) is 0 Å². The van der Waals surface area contributed by atoms with Crippen LogP contribution in [0.4, 0.5) is 9.18 Å². The molecule has 174 valence electrons. The Hall–Kier alpha value is -2.39. The summed E-state index contributed by atoms with van der Waals surface area (Å²) in [6, 6.07) is 4.74. The molecule has 1 aromatic rings. The van der Waals surface area contributed by atoms with Gasteiger partial charge in [0.05, 0.1) is 6.61 Å². The van der Waals surface area contributed by atoms with Crippen molar-refractivity contribution in [2.45, 2.75) is 52.0 Å². The molecule has 0 saturated heterocycles. The van der Waals surface area contributed by atoms with Crippen LogP contribution in [0.1, 0.15) is 57.6 Å². The summed E-state index contributed by atoms with van der Waals surface area (Å²) in [4.78, 5) is 22.2. The number of halogens is 1. The summed E-state index contributed by atoms with van der Waals surface area (Å²) in [5, 5.41) is 3.74. The van der Waals surface area contributed by atoms with Gasteiger partial charge in [-0.3, -0.25) is 21.1 Å². The quantitative estimate of drug-likeness (QED) is 0.192. The summed E-state index contributed by atoms with van der Waals surface area (Å²) in [5.74, 6) is 0.863. The van der Waals surface area contributed by atoms with E-state index in [1.165, 1.54) is 31.0 Å². The monoisotopic (exact) mass is 437 g/mol. The van der Waals surface area contributed by atoms with Crippen LogP contribution in [0.15, 0.2) is 18.2 Å². The van der Waals surface area contributed by atoms with E-state index in [1.54, 1.807) is 12.1 Å². The highest BCUT2D eigenvalue weighted by Crippen LogP contribution is 2.31. The van der Waals surface area contributed by atoms with Crippen molar-refractivity contribution in [3.63, 3.8) is 0 Å². The zero-order valence-corrected chi connectivity index (χ0v) is 18.7. The number of carbonyl (C=O) groups excluding carboxylic acids is 2. The molecular weight excluding hydrogens is 401 g/mol. The van der Waals surface area contributed by atoms with Gasteiger partial charge in [-0.25, -0.2) is 14.2 Å². The molecule has 1 atom stereocenters. The number of unbranched alkanes of at least 4 members (excludes halogenated alkanes) is 2. The van der Waals surface area contributed by atoms with Crippen LogP contribution in [0.3, 0.4) is 0 Å². The van der Waals surface area contributed by atoms with Crippen molar-refractivity contribution < 1.29 is 18.7 Å². The standard InChI is InChI=1S/C22H36FN5O3/c1-16(2)21(18-9-10-19(23)20(13-18)31-14-17-7-8-17)27-25-11-5-4-6-12-28(26-15-29)22(30)24-3/h9-10,13,15-17,21,25,27H,4-8,11-12,14H2,1-3H3,(H,24,30)(H,26,29). The van der Waals surface area contributed by atoms with Gasteiger partial charge in [0.2, 0.25) is 6.41 Å². The molecule has 0 radical (unpaired) electrons. The van der Waals surface area contributed by atoms with E-state index in [2.05, 4.69) is 35.4 Å². The van der Waals surface area contributed by atoms with Crippen molar-refractivity contribution in [3.8, 4) is 5.75 Å². The number of nitrogens with one attached hydrogen (secondary N) is 4. The summed E-state index contributed by atoms with van der Waals surface area (Å²) in [5.41, 5.74) is 9.97. The first-order valence-corrected chi connectivity index (χ1v) is 11.1. The van der Waals surface area contributed by atoms with Crippen LogP contribution >= 0.6 is 0 Å². The lowest BCUT2D eigenvalue weighted by atomic mass is 9.96. The first kappa shape index (κ1) is 24.9. The molecule has 2 rings (SSSR count). The number of hydrazine groups is 2. The van der Waals surface area contributed by atoms with E-state index in [0.717, 1.165) is 31.4 Å². The predicted molar refractivity (Wildman–Crippen MR) is 118 cm³/mol. The lowest BCUT2D eigenvalue weighted by Crippen LogP contribution is -2.47. The minimum absolute atomic E-state index is 0.0180. The largest absolute Gasteiger partial charge is 0.490 e. The molecule has 9 heteroatoms. The summed E-state index contributed by atoms with van der Waals surface area (Å²) in [6.45, 7) is 6.00. The van der Waals surface area contributed by atoms with Gasteiger partial charge in [-0.1, -0.05) is 26.3 Å². The van der Waals surface area contributed by atoms with Gasteiger partial charge in [0.15, 0.2) is 11.6 Å². The summed E-state index contributed by atoms with van der Waals surface area (Å²) in [7, 11) is 1.52. The lowest BCUT2D eigenvalue weighted by molar-refractivity contribution is -0.112. The molecule has 1 aliphatic carbocycles. The molecule has 0 aliphatic heterocycles. The fraction of sp³-hybridized carbons (Fsp3) is 0.636. The van der Waals surface area contributed by atoms with E-state index in [9.17, 15) is 14.0 Å². The molecule has 0 heterocycles. The van der Waals surface area contributed by atoms with Crippen LogP contribution in [0, 0.1) is 17.7 Å². The highest BCUT2D eigenvalue weighted by Gasteiger charge is 2.23. The van der Waals surface area contributed by atoms with Crippen LogP contribution in [0.2, 0.25) is 0 Å². The summed E-state index contributed by atoms with van der Waals surface area (Å²) in [6.07, 6.45) is 5.38. The van der Waals surface area contributed by atoms with Crippen LogP contribution in [-0.4, -0.2) is 44.2 Å². The average Bonchev–Trinajstić information content (AvgIpc) is 3.58. The van der Waals surface area contributed by atoms with Gasteiger partial charge in [-0.15, -0.1) is 0 Å². The molecule has 0 bridgehead atoms. The third-order valence-electron chi connectivity index (χ3n) is 5.26. The number of nitrogens with zero attached hydrogens (tertiary/aromatic N) is 1. The number of urea groups is 1. The number of hydrogen-bond acceptors (Lipinski definition) is 5. The smallest absolute Gasteiger partial charge is 0.335 e. The Bertz CT molecular complexity index is 700. The molecule has 1 fully saturated rings. The van der Waals surface area contributed by atoms with E-state index >= 15 is 0 Å². The van der Waals surface area contributed by atoms with Crippen LogP contribution < -0.4 is 26.3 Å². The van der Waals surface area contributed by atoms with Crippen molar-refractivity contribution in [3.05, 3.63) is 29.6 Å². The molecule has 4 N–H and O–H groups in total. The fourth-order valence-electron chi connectivity index (χ4n) is 3.22. The molecule has 0 spiro atoms. The SMILES string of the molecule is CNC(=O)N(CCCCCNNC(c1ccc(F)c(OCC2CC2)c1)C(C)C)NC=O. The maximum absolute atomic E-state index is 14.1. The number of carbonyl (C=O) groups is 2. The maximum Gasteiger partial charge on any atom is 0.335 e. The number of ether oxygens (including phenoxy) is 1. The zero-order chi connectivity index (χ0) is 22.6. The molecule has 1 aromatic carbocycles. The number of amides is 3. The van der Waals surface area contributed by atoms with E-state index in [-0.39, 0.29) is 17.9 Å². The van der Waals surface area contributed by atoms with Gasteiger partial charge < -0.3 is 10.1 Å². The van der Waals surface area contributed by atoms with Gasteiger partial charge >= 0.3 is 6.03 Å². The molecule has 0 aromatic heterocycles. The molecule has 1 unspecified atom stereocenters. The number of benzene rings is 1. The van der Waals surface area contributed by atoms with Crippen molar-refractivity contribution >= 4 is 12.4 Å². The molecule has 8 nitrogen and oxygen atoms in total. The van der Waals surface area contributed by atoms with Crippen molar-refractivity contribution in [1.29, 1.82) is 0 Å². The first-order chi connectivity index (χ1) is 15.0. The highest BCUT2D eigenvalue weighted by molar-refractivity contribution is 5.74. The van der Waals surface area contributed by atoms with E-state index in [0.29, 0.717) is 37.1 Å². The molecule has 3 amide bonds. The topological polar surface area (TPSA) is 94.7 Å². The van der Waals surface area contributed by atoms with Crippen LogP contribution in [0.25, 0.3) is 0 Å². The third-order valence-corrected chi connectivity index (χ3v) is 5.26. The summed E-state index contributed by atoms with van der Waals surface area (Å²) >= 11 is 0. The van der Waals surface area contributed by atoms with E-state index < -0.39 is 0 Å². The second kappa shape index (κ2) is 13.1. The Morgan fingerprint density at radius 1 is 1.29 bits per heavy atom. The molecule has 1 saturated carbocycles. The van der Waals surface area contributed by atoms with Crippen molar-refractivity contribution in [2.24, 2.45) is 11.8 Å². The average molecular weight is 438 g/mol. The fourth-order valence-corrected chi connectivity index (χ4v) is 3.22. The normalized spacial score (nSPS) is 14.2. The van der Waals surface area contributed by atoms with Gasteiger partial charge in [0, 0.05) is 26.2 Å². The number of hydrogen-bond donors (Lipinski definition) is 4. The minimum atomic E-state index is -0.341. The third kappa shape index (κ3) is 8.70. The Morgan fingerprint density at radius 3 is 2.71 bits per heavy atom. The minimum Gasteiger partial charge on any atom is -0.490 e. The Balaban J connectivity index is 1.74. The van der Waals surface area contributed by atoms with Crippen LogP contribution in [0.5, 0.6) is 5.75 Å². The van der Waals surface area contributed by atoms with Gasteiger partial charge in [0.1, 0.15) is 0 Å². The molecule has 31 heavy (non-hydrogen) atoms. The Morgan fingerprint density at radius 2 is 2.06 bits per heavy atom. The van der Waals surface area contributed by atoms with Crippen molar-refractivity contribution in [2.75, 3.05) is 26.7 Å². The van der Waals surface area contributed by atoms with E-state index in [1.807, 2.05) is 0 Å². The van der Waals surface area contributed by atoms with Crippen molar-refractivity contribution in [1.82, 2.24) is 26.6 Å². The van der Waals surface area contributed by atoms with Gasteiger partial charge in [-0.05, 0) is 55.2 Å². The lowest BCUT2D eigenvalue weighted by Gasteiger charge is -2.24. The Kier molecular flexibility index (Phi) is 10.5. The molecular formula is C22H36FN5O3. The van der Waals surface area contributed by atoms with Crippen LogP contribution in [-0.2, 0) is 4.79 Å². The maximum atomic E-state index is 14.1. The first-order valence-electron chi connectivity index (χ1n) is 11.1.